The lowest BCUT2D eigenvalue weighted by molar-refractivity contribution is -0.170. The van der Waals surface area contributed by atoms with Crippen molar-refractivity contribution >= 4 is 28.8 Å². The van der Waals surface area contributed by atoms with Gasteiger partial charge in [0.05, 0.1) is 25.6 Å². The first kappa shape index (κ1) is 20.4. The summed E-state index contributed by atoms with van der Waals surface area (Å²) >= 11 is 0. The van der Waals surface area contributed by atoms with Gasteiger partial charge in [-0.2, -0.15) is 0 Å². The van der Waals surface area contributed by atoms with Gasteiger partial charge in [-0.25, -0.2) is 4.79 Å². The van der Waals surface area contributed by atoms with Crippen LogP contribution >= 0.6 is 0 Å². The quantitative estimate of drug-likeness (QED) is 0.521. The molecule has 1 atom stereocenters. The number of para-hydroxylation sites is 1. The maximum absolute atomic E-state index is 10.3. The van der Waals surface area contributed by atoms with Gasteiger partial charge in [-0.05, 0) is 18.6 Å². The Bertz CT molecular complexity index is 840. The highest BCUT2D eigenvalue weighted by Crippen LogP contribution is 2.28. The third-order valence-electron chi connectivity index (χ3n) is 4.19. The number of aliphatic carboxylic acids is 3. The summed E-state index contributed by atoms with van der Waals surface area (Å²) in [6.07, 6.45) is -0.912. The Morgan fingerprint density at radius 1 is 1.15 bits per heavy atom. The molecule has 0 bridgehead atoms. The number of ether oxygens (including phenoxy) is 1. The molecular formula is C18H21NO8. The van der Waals surface area contributed by atoms with Crippen molar-refractivity contribution in [1.29, 1.82) is 0 Å². The first-order valence-corrected chi connectivity index (χ1v) is 8.22. The highest BCUT2D eigenvalue weighted by atomic mass is 16.5. The Balaban J connectivity index is 0.000000195. The monoisotopic (exact) mass is 379 g/mol. The van der Waals surface area contributed by atoms with Crippen LogP contribution in [-0.2, 0) is 32.1 Å². The van der Waals surface area contributed by atoms with Crippen molar-refractivity contribution in [2.75, 3.05) is 0 Å². The topological polar surface area (TPSA) is 157 Å². The minimum absolute atomic E-state index is 0.349. The maximum Gasteiger partial charge on any atom is 0.336 e. The van der Waals surface area contributed by atoms with Gasteiger partial charge in [0, 0.05) is 23.0 Å². The molecule has 0 fully saturated rings. The number of carboxylic acids is 3. The highest BCUT2D eigenvalue weighted by molar-refractivity contribution is 5.88. The fourth-order valence-corrected chi connectivity index (χ4v) is 2.90. The molecule has 2 heterocycles. The smallest absolute Gasteiger partial charge is 0.336 e. The summed E-state index contributed by atoms with van der Waals surface area (Å²) in [4.78, 5) is 33.9. The number of nitrogens with one attached hydrogen (secondary N) is 1. The summed E-state index contributed by atoms with van der Waals surface area (Å²) in [6, 6.07) is 8.46. The molecule has 9 nitrogen and oxygen atoms in total. The van der Waals surface area contributed by atoms with Crippen LogP contribution in [0.15, 0.2) is 24.3 Å². The summed E-state index contributed by atoms with van der Waals surface area (Å²) in [5, 5.41) is 35.2. The fourth-order valence-electron chi connectivity index (χ4n) is 2.90. The zero-order valence-corrected chi connectivity index (χ0v) is 14.6. The van der Waals surface area contributed by atoms with Gasteiger partial charge in [0.2, 0.25) is 0 Å². The van der Waals surface area contributed by atoms with E-state index in [0.29, 0.717) is 6.10 Å². The molecule has 1 aliphatic heterocycles. The molecule has 0 amide bonds. The van der Waals surface area contributed by atoms with Crippen molar-refractivity contribution in [2.45, 2.75) is 44.5 Å². The Morgan fingerprint density at radius 2 is 1.74 bits per heavy atom. The maximum atomic E-state index is 10.3. The zero-order valence-electron chi connectivity index (χ0n) is 14.6. The number of rotatable bonds is 5. The normalized spacial score (nSPS) is 16.1. The predicted molar refractivity (Wildman–Crippen MR) is 93.3 cm³/mol. The van der Waals surface area contributed by atoms with Gasteiger partial charge >= 0.3 is 17.9 Å². The van der Waals surface area contributed by atoms with Crippen LogP contribution in [-0.4, -0.2) is 55.0 Å². The molecule has 1 aromatic carbocycles. The van der Waals surface area contributed by atoms with Gasteiger partial charge in [-0.15, -0.1) is 0 Å². The lowest BCUT2D eigenvalue weighted by Gasteiger charge is -2.19. The van der Waals surface area contributed by atoms with Gasteiger partial charge in [0.15, 0.2) is 5.60 Å². The third kappa shape index (κ3) is 5.05. The van der Waals surface area contributed by atoms with Crippen LogP contribution < -0.4 is 0 Å². The van der Waals surface area contributed by atoms with Crippen molar-refractivity contribution < 1.29 is 39.5 Å². The molecule has 146 valence electrons. The average molecular weight is 379 g/mol. The number of aromatic amines is 1. The van der Waals surface area contributed by atoms with E-state index in [0.717, 1.165) is 13.0 Å². The van der Waals surface area contributed by atoms with Crippen LogP contribution in [0.2, 0.25) is 0 Å². The van der Waals surface area contributed by atoms with Gasteiger partial charge in [-0.3, -0.25) is 9.59 Å². The van der Waals surface area contributed by atoms with E-state index in [1.807, 2.05) is 0 Å². The molecule has 0 spiro atoms. The van der Waals surface area contributed by atoms with E-state index in [-0.39, 0.29) is 0 Å². The number of aromatic nitrogens is 1. The lowest BCUT2D eigenvalue weighted by atomic mass is 9.96. The van der Waals surface area contributed by atoms with E-state index in [1.165, 1.54) is 22.2 Å². The molecule has 0 radical (unpaired) electrons. The Morgan fingerprint density at radius 3 is 2.30 bits per heavy atom. The summed E-state index contributed by atoms with van der Waals surface area (Å²) < 4.78 is 5.60. The standard InChI is InChI=1S/C12H13NO.C6H8O7/c1-8-6-10-9-4-2-3-5-11(9)13-12(10)7-14-8;7-3(8)1-6(13,5(11)12)2-4(9)10/h2-5,8,13H,6-7H2,1H3;13H,1-2H2,(H,7,8)(H,9,10)(H,11,12). The summed E-state index contributed by atoms with van der Waals surface area (Å²) in [6.45, 7) is 2.86. The summed E-state index contributed by atoms with van der Waals surface area (Å²) in [5.74, 6) is -5.02. The van der Waals surface area contributed by atoms with Crippen LogP contribution in [0.5, 0.6) is 0 Å². The molecule has 9 heteroatoms. The van der Waals surface area contributed by atoms with Crippen molar-refractivity contribution in [3.63, 3.8) is 0 Å². The number of carboxylic acid groups (broad SMARTS) is 3. The molecule has 1 unspecified atom stereocenters. The van der Waals surface area contributed by atoms with E-state index in [9.17, 15) is 14.4 Å². The summed E-state index contributed by atoms with van der Waals surface area (Å²) in [5.41, 5.74) is 1.19. The largest absolute Gasteiger partial charge is 0.481 e. The molecule has 1 aromatic heterocycles. The van der Waals surface area contributed by atoms with Crippen molar-refractivity contribution in [3.8, 4) is 0 Å². The molecule has 3 rings (SSSR count). The van der Waals surface area contributed by atoms with Crippen LogP contribution in [0.4, 0.5) is 0 Å². The Kier molecular flexibility index (Phi) is 6.19. The number of hydrogen-bond acceptors (Lipinski definition) is 5. The minimum Gasteiger partial charge on any atom is -0.481 e. The number of carbonyl (C=O) groups is 3. The second-order valence-electron chi connectivity index (χ2n) is 6.43. The second kappa shape index (κ2) is 8.19. The van der Waals surface area contributed by atoms with Crippen molar-refractivity contribution in [1.82, 2.24) is 4.98 Å². The van der Waals surface area contributed by atoms with Gasteiger partial charge in [0.25, 0.3) is 0 Å². The minimum atomic E-state index is -2.74. The van der Waals surface area contributed by atoms with E-state index in [1.54, 1.807) is 0 Å². The molecule has 27 heavy (non-hydrogen) atoms. The Hall–Kier alpha value is -2.91. The molecule has 0 aliphatic carbocycles. The molecule has 5 N–H and O–H groups in total. The van der Waals surface area contributed by atoms with Gasteiger partial charge < -0.3 is 30.1 Å². The number of benzene rings is 1. The SMILES string of the molecule is CC1Cc2c([nH]c3ccccc23)CO1.O=C(O)CC(O)(CC(=O)O)C(=O)O. The van der Waals surface area contributed by atoms with Crippen molar-refractivity contribution in [2.24, 2.45) is 0 Å². The lowest BCUT2D eigenvalue weighted by Crippen LogP contribution is -2.42. The van der Waals surface area contributed by atoms with Crippen LogP contribution in [0, 0.1) is 0 Å². The van der Waals surface area contributed by atoms with E-state index in [2.05, 4.69) is 36.2 Å². The van der Waals surface area contributed by atoms with Gasteiger partial charge in [-0.1, -0.05) is 18.2 Å². The van der Waals surface area contributed by atoms with Crippen molar-refractivity contribution in [3.05, 3.63) is 35.5 Å². The first-order chi connectivity index (χ1) is 12.6. The average Bonchev–Trinajstić information content (AvgIpc) is 2.92. The number of fused-ring (bicyclic) bond motifs is 3. The summed E-state index contributed by atoms with van der Waals surface area (Å²) in [7, 11) is 0. The highest BCUT2D eigenvalue weighted by Gasteiger charge is 2.40. The molecule has 2 aromatic rings. The van der Waals surface area contributed by atoms with Crippen LogP contribution in [0.3, 0.4) is 0 Å². The molecule has 1 aliphatic rings. The third-order valence-corrected chi connectivity index (χ3v) is 4.19. The predicted octanol–water partition coefficient (Wildman–Crippen LogP) is 1.38. The van der Waals surface area contributed by atoms with E-state index in [4.69, 9.17) is 25.2 Å². The second-order valence-corrected chi connectivity index (χ2v) is 6.43. The Labute approximate surface area is 154 Å². The number of hydrogen-bond donors (Lipinski definition) is 5. The van der Waals surface area contributed by atoms with E-state index < -0.39 is 36.4 Å². The first-order valence-electron chi connectivity index (χ1n) is 8.22. The number of aliphatic hydroxyl groups is 1. The fraction of sp³-hybridized carbons (Fsp3) is 0.389. The van der Waals surface area contributed by atoms with Crippen LogP contribution in [0.1, 0.15) is 31.0 Å². The van der Waals surface area contributed by atoms with Crippen LogP contribution in [0.25, 0.3) is 10.9 Å². The van der Waals surface area contributed by atoms with Gasteiger partial charge in [0.1, 0.15) is 0 Å². The molecule has 0 saturated heterocycles. The number of H-pyrrole nitrogens is 1. The molecule has 0 saturated carbocycles. The molecular weight excluding hydrogens is 358 g/mol. The zero-order chi connectivity index (χ0) is 20.2. The van der Waals surface area contributed by atoms with E-state index >= 15 is 0 Å².